The Hall–Kier alpha value is -0.570. The van der Waals surface area contributed by atoms with Crippen molar-refractivity contribution in [2.24, 2.45) is 5.92 Å². The standard InChI is InChI=1S/C13H24N2O/c1-10-5-7-11(8-6-10)15-12-4-2-3-9-14-13(12)16/h10-12,15H,2-9H2,1H3,(H,14,16)/t10?,11?,12-/m1/s1. The average molecular weight is 224 g/mol. The molecule has 1 aliphatic carbocycles. The molecule has 1 heterocycles. The number of amides is 1. The lowest BCUT2D eigenvalue weighted by Gasteiger charge is -2.30. The Morgan fingerprint density at radius 3 is 2.62 bits per heavy atom. The minimum Gasteiger partial charge on any atom is -0.355 e. The van der Waals surface area contributed by atoms with Crippen LogP contribution in [0.3, 0.4) is 0 Å². The summed E-state index contributed by atoms with van der Waals surface area (Å²) in [6.07, 6.45) is 8.41. The molecule has 3 nitrogen and oxygen atoms in total. The van der Waals surface area contributed by atoms with Crippen LogP contribution in [0.4, 0.5) is 0 Å². The Bertz CT molecular complexity index is 234. The molecule has 0 aromatic carbocycles. The fourth-order valence-corrected chi connectivity index (χ4v) is 2.81. The topological polar surface area (TPSA) is 41.1 Å². The van der Waals surface area contributed by atoms with Crippen LogP contribution >= 0.6 is 0 Å². The molecule has 1 saturated carbocycles. The van der Waals surface area contributed by atoms with E-state index < -0.39 is 0 Å². The molecule has 1 saturated heterocycles. The van der Waals surface area contributed by atoms with Crippen molar-refractivity contribution in [3.05, 3.63) is 0 Å². The summed E-state index contributed by atoms with van der Waals surface area (Å²) in [6, 6.07) is 0.644. The first-order chi connectivity index (χ1) is 7.75. The fourth-order valence-electron chi connectivity index (χ4n) is 2.81. The number of rotatable bonds is 2. The monoisotopic (exact) mass is 224 g/mol. The van der Waals surface area contributed by atoms with Gasteiger partial charge in [0.15, 0.2) is 0 Å². The second-order valence-corrected chi connectivity index (χ2v) is 5.46. The van der Waals surface area contributed by atoms with E-state index in [1.54, 1.807) is 0 Å². The first-order valence-electron chi connectivity index (χ1n) is 6.79. The van der Waals surface area contributed by atoms with Crippen molar-refractivity contribution < 1.29 is 4.79 Å². The van der Waals surface area contributed by atoms with Crippen molar-refractivity contribution in [3.8, 4) is 0 Å². The summed E-state index contributed by atoms with van der Waals surface area (Å²) >= 11 is 0. The van der Waals surface area contributed by atoms with Crippen LogP contribution in [0.15, 0.2) is 0 Å². The number of hydrogen-bond donors (Lipinski definition) is 2. The number of carbonyl (C=O) groups excluding carboxylic acids is 1. The van der Waals surface area contributed by atoms with E-state index in [1.807, 2.05) is 0 Å². The highest BCUT2D eigenvalue weighted by Crippen LogP contribution is 2.24. The van der Waals surface area contributed by atoms with Crippen molar-refractivity contribution in [2.45, 2.75) is 64.0 Å². The third-order valence-corrected chi connectivity index (χ3v) is 3.99. The molecule has 0 aromatic heterocycles. The second kappa shape index (κ2) is 5.67. The zero-order valence-electron chi connectivity index (χ0n) is 10.3. The van der Waals surface area contributed by atoms with Crippen LogP contribution in [0, 0.1) is 5.92 Å². The Morgan fingerprint density at radius 1 is 1.12 bits per heavy atom. The van der Waals surface area contributed by atoms with E-state index in [1.165, 1.54) is 32.1 Å². The molecule has 3 heteroatoms. The maximum atomic E-state index is 11.8. The minimum absolute atomic E-state index is 0.0703. The fraction of sp³-hybridized carbons (Fsp3) is 0.923. The molecule has 2 rings (SSSR count). The number of nitrogens with one attached hydrogen (secondary N) is 2. The molecular weight excluding hydrogens is 200 g/mol. The van der Waals surface area contributed by atoms with Gasteiger partial charge < -0.3 is 10.6 Å². The van der Waals surface area contributed by atoms with Crippen molar-refractivity contribution in [3.63, 3.8) is 0 Å². The van der Waals surface area contributed by atoms with E-state index in [0.29, 0.717) is 6.04 Å². The molecule has 0 unspecified atom stereocenters. The van der Waals surface area contributed by atoms with Crippen molar-refractivity contribution in [1.29, 1.82) is 0 Å². The zero-order chi connectivity index (χ0) is 11.4. The molecule has 2 fully saturated rings. The predicted molar refractivity (Wildman–Crippen MR) is 65.2 cm³/mol. The molecule has 2 aliphatic rings. The number of hydrogen-bond acceptors (Lipinski definition) is 2. The summed E-state index contributed by atoms with van der Waals surface area (Å²) in [4.78, 5) is 11.8. The van der Waals surface area contributed by atoms with Gasteiger partial charge in [0, 0.05) is 12.6 Å². The van der Waals surface area contributed by atoms with Crippen molar-refractivity contribution in [2.75, 3.05) is 6.54 Å². The zero-order valence-corrected chi connectivity index (χ0v) is 10.3. The molecule has 0 spiro atoms. The van der Waals surface area contributed by atoms with Crippen LogP contribution in [0.5, 0.6) is 0 Å². The maximum absolute atomic E-state index is 11.8. The van der Waals surface area contributed by atoms with Gasteiger partial charge in [-0.05, 0) is 50.9 Å². The van der Waals surface area contributed by atoms with Gasteiger partial charge in [-0.2, -0.15) is 0 Å². The van der Waals surface area contributed by atoms with Crippen LogP contribution in [0.2, 0.25) is 0 Å². The molecule has 92 valence electrons. The average Bonchev–Trinajstić information content (AvgIpc) is 2.48. The third kappa shape index (κ3) is 3.21. The summed E-state index contributed by atoms with van der Waals surface area (Å²) < 4.78 is 0. The van der Waals surface area contributed by atoms with Crippen molar-refractivity contribution in [1.82, 2.24) is 10.6 Å². The Morgan fingerprint density at radius 2 is 1.88 bits per heavy atom. The van der Waals surface area contributed by atoms with Gasteiger partial charge in [-0.15, -0.1) is 0 Å². The predicted octanol–water partition coefficient (Wildman–Crippen LogP) is 1.82. The lowest BCUT2D eigenvalue weighted by atomic mass is 9.87. The van der Waals surface area contributed by atoms with E-state index in [2.05, 4.69) is 17.6 Å². The largest absolute Gasteiger partial charge is 0.355 e. The molecule has 2 N–H and O–H groups in total. The summed E-state index contributed by atoms with van der Waals surface area (Å²) in [6.45, 7) is 3.19. The van der Waals surface area contributed by atoms with Gasteiger partial charge in [0.1, 0.15) is 0 Å². The lowest BCUT2D eigenvalue weighted by molar-refractivity contribution is -0.123. The molecule has 1 amide bonds. The van der Waals surface area contributed by atoms with Gasteiger partial charge in [0.25, 0.3) is 0 Å². The van der Waals surface area contributed by atoms with Crippen LogP contribution < -0.4 is 10.6 Å². The maximum Gasteiger partial charge on any atom is 0.237 e. The molecule has 0 aromatic rings. The Labute approximate surface area is 98.4 Å². The molecule has 16 heavy (non-hydrogen) atoms. The molecule has 0 radical (unpaired) electrons. The normalized spacial score (nSPS) is 36.6. The van der Waals surface area contributed by atoms with Crippen LogP contribution in [0.25, 0.3) is 0 Å². The van der Waals surface area contributed by atoms with Gasteiger partial charge >= 0.3 is 0 Å². The smallest absolute Gasteiger partial charge is 0.237 e. The summed E-state index contributed by atoms with van der Waals surface area (Å²) in [5.74, 6) is 1.09. The lowest BCUT2D eigenvalue weighted by Crippen LogP contribution is -2.48. The first kappa shape index (κ1) is 11.9. The van der Waals surface area contributed by atoms with Crippen LogP contribution in [-0.2, 0) is 4.79 Å². The number of carbonyl (C=O) groups is 1. The van der Waals surface area contributed by atoms with E-state index >= 15 is 0 Å². The van der Waals surface area contributed by atoms with E-state index in [0.717, 1.165) is 25.3 Å². The van der Waals surface area contributed by atoms with E-state index in [-0.39, 0.29) is 11.9 Å². The van der Waals surface area contributed by atoms with Gasteiger partial charge in [0.2, 0.25) is 5.91 Å². The van der Waals surface area contributed by atoms with E-state index in [4.69, 9.17) is 0 Å². The van der Waals surface area contributed by atoms with Gasteiger partial charge in [-0.3, -0.25) is 4.79 Å². The van der Waals surface area contributed by atoms with Gasteiger partial charge in [-0.1, -0.05) is 6.92 Å². The first-order valence-corrected chi connectivity index (χ1v) is 6.79. The third-order valence-electron chi connectivity index (χ3n) is 3.99. The highest BCUT2D eigenvalue weighted by atomic mass is 16.2. The summed E-state index contributed by atoms with van der Waals surface area (Å²) in [7, 11) is 0. The van der Waals surface area contributed by atoms with E-state index in [9.17, 15) is 4.79 Å². The van der Waals surface area contributed by atoms with Crippen molar-refractivity contribution >= 4 is 5.91 Å². The molecule has 0 bridgehead atoms. The van der Waals surface area contributed by atoms with Crippen LogP contribution in [-0.4, -0.2) is 24.5 Å². The van der Waals surface area contributed by atoms with Gasteiger partial charge in [0.05, 0.1) is 6.04 Å². The second-order valence-electron chi connectivity index (χ2n) is 5.46. The highest BCUT2D eigenvalue weighted by Gasteiger charge is 2.25. The van der Waals surface area contributed by atoms with Crippen LogP contribution in [0.1, 0.15) is 51.9 Å². The Kier molecular flexibility index (Phi) is 4.22. The molecule has 1 atom stereocenters. The molecular formula is C13H24N2O. The summed E-state index contributed by atoms with van der Waals surface area (Å²) in [5, 5.41) is 6.55. The summed E-state index contributed by atoms with van der Waals surface area (Å²) in [5.41, 5.74) is 0. The highest BCUT2D eigenvalue weighted by molar-refractivity contribution is 5.81. The quantitative estimate of drug-likeness (QED) is 0.751. The molecule has 1 aliphatic heterocycles. The van der Waals surface area contributed by atoms with Gasteiger partial charge in [-0.25, -0.2) is 0 Å². The SMILES string of the molecule is CC1CCC(N[C@@H]2CCCCNC2=O)CC1. The Balaban J connectivity index is 1.80. The minimum atomic E-state index is 0.0703.